The van der Waals surface area contributed by atoms with Crippen molar-refractivity contribution in [3.63, 3.8) is 0 Å². The number of rotatable bonds is 5. The number of aromatic nitrogens is 2. The first-order chi connectivity index (χ1) is 9.50. The normalized spacial score (nSPS) is 13.0. The minimum atomic E-state index is 0.0904. The number of hydrogen-bond acceptors (Lipinski definition) is 3. The Bertz CT molecular complexity index is 512. The molecule has 4 heteroatoms. The second-order valence-corrected chi connectivity index (χ2v) is 5.88. The highest BCUT2D eigenvalue weighted by Crippen LogP contribution is 2.31. The molecule has 0 radical (unpaired) electrons. The Balaban J connectivity index is 2.05. The molecule has 0 bridgehead atoms. The van der Waals surface area contributed by atoms with Gasteiger partial charge in [-0.3, -0.25) is 0 Å². The lowest BCUT2D eigenvalue weighted by Crippen LogP contribution is -2.29. The van der Waals surface area contributed by atoms with Crippen LogP contribution in [0.1, 0.15) is 26.8 Å². The second kappa shape index (κ2) is 5.99. The van der Waals surface area contributed by atoms with Crippen molar-refractivity contribution in [1.29, 1.82) is 0 Å². The van der Waals surface area contributed by atoms with Gasteiger partial charge in [0.1, 0.15) is 18.1 Å². The summed E-state index contributed by atoms with van der Waals surface area (Å²) in [6, 6.07) is 7.88. The predicted molar refractivity (Wildman–Crippen MR) is 79.2 cm³/mol. The van der Waals surface area contributed by atoms with E-state index in [1.165, 1.54) is 0 Å². The molecule has 2 aromatic rings. The molecular formula is C16H22N2O2. The predicted octanol–water partition coefficient (Wildman–Crippen LogP) is 3.56. The first-order valence-corrected chi connectivity index (χ1v) is 6.75. The minimum absolute atomic E-state index is 0.0904. The zero-order valence-electron chi connectivity index (χ0n) is 12.5. The van der Waals surface area contributed by atoms with Gasteiger partial charge >= 0.3 is 0 Å². The maximum Gasteiger partial charge on any atom is 0.119 e. The van der Waals surface area contributed by atoms with Crippen LogP contribution in [0.3, 0.4) is 0 Å². The van der Waals surface area contributed by atoms with E-state index in [2.05, 4.69) is 30.3 Å². The third kappa shape index (κ3) is 3.53. The van der Waals surface area contributed by atoms with Crippen LogP contribution in [0.5, 0.6) is 11.5 Å². The molecule has 0 spiro atoms. The van der Waals surface area contributed by atoms with Crippen LogP contribution in [0.2, 0.25) is 0 Å². The SMILES string of the molecule is COc1ccc(OCC(n2ccnc2)C(C)(C)C)cc1. The zero-order chi connectivity index (χ0) is 14.6. The van der Waals surface area contributed by atoms with Gasteiger partial charge in [-0.1, -0.05) is 20.8 Å². The Morgan fingerprint density at radius 2 is 1.80 bits per heavy atom. The molecule has 0 aliphatic rings. The number of ether oxygens (including phenoxy) is 2. The molecule has 0 saturated carbocycles. The number of nitrogens with zero attached hydrogens (tertiary/aromatic N) is 2. The van der Waals surface area contributed by atoms with Gasteiger partial charge in [0.05, 0.1) is 19.5 Å². The van der Waals surface area contributed by atoms with Gasteiger partial charge < -0.3 is 14.0 Å². The van der Waals surface area contributed by atoms with Gasteiger partial charge in [-0.25, -0.2) is 4.98 Å². The molecule has 4 nitrogen and oxygen atoms in total. The first-order valence-electron chi connectivity index (χ1n) is 6.75. The van der Waals surface area contributed by atoms with Gasteiger partial charge in [-0.05, 0) is 29.7 Å². The third-order valence-electron chi connectivity index (χ3n) is 3.35. The van der Waals surface area contributed by atoms with Gasteiger partial charge in [-0.2, -0.15) is 0 Å². The van der Waals surface area contributed by atoms with E-state index < -0.39 is 0 Å². The Morgan fingerprint density at radius 3 is 2.30 bits per heavy atom. The Kier molecular flexibility index (Phi) is 4.32. The highest BCUT2D eigenvalue weighted by atomic mass is 16.5. The summed E-state index contributed by atoms with van der Waals surface area (Å²) >= 11 is 0. The lowest BCUT2D eigenvalue weighted by atomic mass is 9.87. The molecule has 1 aromatic carbocycles. The van der Waals surface area contributed by atoms with Crippen molar-refractivity contribution < 1.29 is 9.47 Å². The van der Waals surface area contributed by atoms with Crippen LogP contribution < -0.4 is 9.47 Å². The molecule has 0 saturated heterocycles. The lowest BCUT2D eigenvalue weighted by molar-refractivity contribution is 0.151. The van der Waals surface area contributed by atoms with Crippen molar-refractivity contribution >= 4 is 0 Å². The fraction of sp³-hybridized carbons (Fsp3) is 0.438. The summed E-state index contributed by atoms with van der Waals surface area (Å²) in [5.41, 5.74) is 0.0904. The fourth-order valence-corrected chi connectivity index (χ4v) is 2.08. The highest BCUT2D eigenvalue weighted by Gasteiger charge is 2.26. The Morgan fingerprint density at radius 1 is 1.15 bits per heavy atom. The van der Waals surface area contributed by atoms with Crippen LogP contribution in [0.25, 0.3) is 0 Å². The van der Waals surface area contributed by atoms with E-state index in [1.54, 1.807) is 13.3 Å². The van der Waals surface area contributed by atoms with Crippen LogP contribution in [0.15, 0.2) is 43.0 Å². The molecule has 1 unspecified atom stereocenters. The number of methoxy groups -OCH3 is 1. The van der Waals surface area contributed by atoms with Crippen molar-refractivity contribution in [2.45, 2.75) is 26.8 Å². The van der Waals surface area contributed by atoms with E-state index in [-0.39, 0.29) is 11.5 Å². The molecular weight excluding hydrogens is 252 g/mol. The van der Waals surface area contributed by atoms with Crippen LogP contribution in [0.4, 0.5) is 0 Å². The van der Waals surface area contributed by atoms with Crippen molar-refractivity contribution in [2.75, 3.05) is 13.7 Å². The smallest absolute Gasteiger partial charge is 0.119 e. The molecule has 0 amide bonds. The van der Waals surface area contributed by atoms with Crippen LogP contribution in [-0.2, 0) is 0 Å². The maximum absolute atomic E-state index is 5.91. The Hall–Kier alpha value is -1.97. The molecule has 108 valence electrons. The van der Waals surface area contributed by atoms with Crippen LogP contribution in [-0.4, -0.2) is 23.3 Å². The summed E-state index contributed by atoms with van der Waals surface area (Å²) in [5, 5.41) is 0. The number of hydrogen-bond donors (Lipinski definition) is 0. The molecule has 0 aliphatic heterocycles. The Labute approximate surface area is 120 Å². The molecule has 20 heavy (non-hydrogen) atoms. The zero-order valence-corrected chi connectivity index (χ0v) is 12.5. The largest absolute Gasteiger partial charge is 0.497 e. The summed E-state index contributed by atoms with van der Waals surface area (Å²) < 4.78 is 13.2. The summed E-state index contributed by atoms with van der Waals surface area (Å²) in [6.45, 7) is 7.21. The second-order valence-electron chi connectivity index (χ2n) is 5.88. The van der Waals surface area contributed by atoms with Gasteiger partial charge in [0.25, 0.3) is 0 Å². The monoisotopic (exact) mass is 274 g/mol. The average molecular weight is 274 g/mol. The number of imidazole rings is 1. The molecule has 0 aliphatic carbocycles. The summed E-state index contributed by atoms with van der Waals surface area (Å²) in [4.78, 5) is 4.13. The fourth-order valence-electron chi connectivity index (χ4n) is 2.08. The minimum Gasteiger partial charge on any atom is -0.497 e. The van der Waals surface area contributed by atoms with Crippen LogP contribution in [0, 0.1) is 5.41 Å². The van der Waals surface area contributed by atoms with E-state index in [9.17, 15) is 0 Å². The molecule has 1 atom stereocenters. The van der Waals surface area contributed by atoms with Crippen molar-refractivity contribution in [3.8, 4) is 11.5 Å². The molecule has 0 fully saturated rings. The highest BCUT2D eigenvalue weighted by molar-refractivity contribution is 5.31. The topological polar surface area (TPSA) is 36.3 Å². The molecule has 2 rings (SSSR count). The summed E-state index contributed by atoms with van der Waals surface area (Å²) in [5.74, 6) is 1.68. The van der Waals surface area contributed by atoms with Crippen molar-refractivity contribution in [1.82, 2.24) is 9.55 Å². The van der Waals surface area contributed by atoms with E-state index in [1.807, 2.05) is 36.8 Å². The summed E-state index contributed by atoms with van der Waals surface area (Å²) in [6.07, 6.45) is 5.62. The average Bonchev–Trinajstić information content (AvgIpc) is 2.92. The third-order valence-corrected chi connectivity index (χ3v) is 3.35. The van der Waals surface area contributed by atoms with Crippen LogP contribution >= 0.6 is 0 Å². The standard InChI is InChI=1S/C16H22N2O2/c1-16(2,3)15(18-10-9-17-12-18)11-20-14-7-5-13(19-4)6-8-14/h5-10,12,15H,11H2,1-4H3. The van der Waals surface area contributed by atoms with Crippen molar-refractivity contribution in [3.05, 3.63) is 43.0 Å². The van der Waals surface area contributed by atoms with Gasteiger partial charge in [0.2, 0.25) is 0 Å². The van der Waals surface area contributed by atoms with E-state index in [0.717, 1.165) is 11.5 Å². The maximum atomic E-state index is 5.91. The van der Waals surface area contributed by atoms with E-state index in [4.69, 9.17) is 9.47 Å². The lowest BCUT2D eigenvalue weighted by Gasteiger charge is -2.31. The van der Waals surface area contributed by atoms with E-state index >= 15 is 0 Å². The molecule has 0 N–H and O–H groups in total. The number of benzene rings is 1. The van der Waals surface area contributed by atoms with Gasteiger partial charge in [0.15, 0.2) is 0 Å². The molecule has 1 heterocycles. The van der Waals surface area contributed by atoms with E-state index in [0.29, 0.717) is 6.61 Å². The van der Waals surface area contributed by atoms with Gasteiger partial charge in [0, 0.05) is 12.4 Å². The quantitative estimate of drug-likeness (QED) is 0.836. The van der Waals surface area contributed by atoms with Crippen molar-refractivity contribution in [2.24, 2.45) is 5.41 Å². The molecule has 1 aromatic heterocycles. The van der Waals surface area contributed by atoms with Gasteiger partial charge in [-0.15, -0.1) is 0 Å². The first kappa shape index (κ1) is 14.4. The summed E-state index contributed by atoms with van der Waals surface area (Å²) in [7, 11) is 1.66.